The smallest absolute Gasteiger partial charge is 0.310 e. The number of hydrogen-bond acceptors (Lipinski definition) is 4. The normalized spacial score (nSPS) is 10.4. The van der Waals surface area contributed by atoms with Crippen LogP contribution in [0.2, 0.25) is 0 Å². The molecule has 0 spiro atoms. The van der Waals surface area contributed by atoms with Gasteiger partial charge >= 0.3 is 11.9 Å². The Kier molecular flexibility index (Phi) is 9.36. The minimum absolute atomic E-state index is 0.303. The second-order valence-electron chi connectivity index (χ2n) is 3.46. The van der Waals surface area contributed by atoms with Gasteiger partial charge in [0.25, 0.3) is 0 Å². The summed E-state index contributed by atoms with van der Waals surface area (Å²) in [5.74, 6) is -0.606. The zero-order chi connectivity index (χ0) is 12.2. The SMILES string of the molecule is CCCCC(=O)O/C=C\OC(=O)CCCC. The van der Waals surface area contributed by atoms with Crippen molar-refractivity contribution in [3.8, 4) is 0 Å². The summed E-state index contributed by atoms with van der Waals surface area (Å²) < 4.78 is 9.40. The maximum Gasteiger partial charge on any atom is 0.310 e. The van der Waals surface area contributed by atoms with Crippen molar-refractivity contribution in [2.75, 3.05) is 0 Å². The number of esters is 2. The average molecular weight is 228 g/mol. The molecule has 0 aromatic heterocycles. The van der Waals surface area contributed by atoms with Gasteiger partial charge in [0.05, 0.1) is 0 Å². The molecule has 0 fully saturated rings. The van der Waals surface area contributed by atoms with Gasteiger partial charge in [-0.25, -0.2) is 0 Å². The Labute approximate surface area is 96.6 Å². The van der Waals surface area contributed by atoms with Crippen LogP contribution in [0, 0.1) is 0 Å². The largest absolute Gasteiger partial charge is 0.431 e. The van der Waals surface area contributed by atoms with Crippen molar-refractivity contribution in [1.82, 2.24) is 0 Å². The quantitative estimate of drug-likeness (QED) is 0.473. The summed E-state index contributed by atoms with van der Waals surface area (Å²) in [7, 11) is 0. The highest BCUT2D eigenvalue weighted by molar-refractivity contribution is 5.70. The molecule has 16 heavy (non-hydrogen) atoms. The summed E-state index contributed by atoms with van der Waals surface area (Å²) in [6.45, 7) is 4.00. The summed E-state index contributed by atoms with van der Waals surface area (Å²) >= 11 is 0. The van der Waals surface area contributed by atoms with Crippen LogP contribution in [0.25, 0.3) is 0 Å². The van der Waals surface area contributed by atoms with Crippen LogP contribution in [-0.4, -0.2) is 11.9 Å². The van der Waals surface area contributed by atoms with Crippen LogP contribution in [0.5, 0.6) is 0 Å². The van der Waals surface area contributed by atoms with E-state index in [1.807, 2.05) is 13.8 Å². The van der Waals surface area contributed by atoms with Crippen LogP contribution in [0.3, 0.4) is 0 Å². The highest BCUT2D eigenvalue weighted by Crippen LogP contribution is 1.98. The number of rotatable bonds is 8. The Morgan fingerprint density at radius 1 is 0.875 bits per heavy atom. The number of carbonyl (C=O) groups excluding carboxylic acids is 2. The zero-order valence-electron chi connectivity index (χ0n) is 10.0. The molecule has 4 nitrogen and oxygen atoms in total. The molecule has 0 bridgehead atoms. The number of carbonyl (C=O) groups is 2. The minimum atomic E-state index is -0.303. The van der Waals surface area contributed by atoms with Crippen molar-refractivity contribution >= 4 is 11.9 Å². The van der Waals surface area contributed by atoms with Gasteiger partial charge in [0.2, 0.25) is 0 Å². The van der Waals surface area contributed by atoms with Crippen LogP contribution >= 0.6 is 0 Å². The topological polar surface area (TPSA) is 52.6 Å². The zero-order valence-corrected chi connectivity index (χ0v) is 10.0. The van der Waals surface area contributed by atoms with Crippen molar-refractivity contribution in [3.05, 3.63) is 12.5 Å². The maximum atomic E-state index is 11.0. The fourth-order valence-corrected chi connectivity index (χ4v) is 0.967. The molecule has 0 aliphatic carbocycles. The molecule has 0 aromatic carbocycles. The second-order valence-corrected chi connectivity index (χ2v) is 3.46. The van der Waals surface area contributed by atoms with Crippen molar-refractivity contribution < 1.29 is 19.1 Å². The molecule has 92 valence electrons. The summed E-state index contributed by atoms with van der Waals surface area (Å²) in [6.07, 6.45) is 6.53. The Hall–Kier alpha value is -1.32. The van der Waals surface area contributed by atoms with Crippen LogP contribution in [-0.2, 0) is 19.1 Å². The molecular formula is C12H20O4. The van der Waals surface area contributed by atoms with Crippen LogP contribution in [0.4, 0.5) is 0 Å². The highest BCUT2D eigenvalue weighted by Gasteiger charge is 2.00. The van der Waals surface area contributed by atoms with Crippen LogP contribution < -0.4 is 0 Å². The van der Waals surface area contributed by atoms with E-state index in [4.69, 9.17) is 9.47 Å². The number of unbranched alkanes of at least 4 members (excludes halogenated alkanes) is 2. The molecule has 0 saturated carbocycles. The van der Waals surface area contributed by atoms with E-state index in [1.54, 1.807) is 0 Å². The predicted molar refractivity (Wildman–Crippen MR) is 60.4 cm³/mol. The lowest BCUT2D eigenvalue weighted by atomic mass is 10.2. The minimum Gasteiger partial charge on any atom is -0.431 e. The molecule has 0 saturated heterocycles. The number of hydrogen-bond donors (Lipinski definition) is 0. The Morgan fingerprint density at radius 3 is 1.56 bits per heavy atom. The first-order valence-corrected chi connectivity index (χ1v) is 5.74. The van der Waals surface area contributed by atoms with Gasteiger partial charge in [0, 0.05) is 12.8 Å². The average Bonchev–Trinajstić information content (AvgIpc) is 2.29. The summed E-state index contributed by atoms with van der Waals surface area (Å²) in [5.41, 5.74) is 0. The van der Waals surface area contributed by atoms with E-state index in [9.17, 15) is 9.59 Å². The second kappa shape index (κ2) is 10.2. The van der Waals surface area contributed by atoms with Crippen molar-refractivity contribution in [3.63, 3.8) is 0 Å². The third-order valence-electron chi connectivity index (χ3n) is 1.92. The maximum absolute atomic E-state index is 11.0. The Balaban J connectivity index is 3.53. The fraction of sp³-hybridized carbons (Fsp3) is 0.667. The fourth-order valence-electron chi connectivity index (χ4n) is 0.967. The van der Waals surface area contributed by atoms with Crippen molar-refractivity contribution in [1.29, 1.82) is 0 Å². The Bertz CT molecular complexity index is 209. The van der Waals surface area contributed by atoms with E-state index >= 15 is 0 Å². The lowest BCUT2D eigenvalue weighted by Gasteiger charge is -1.98. The summed E-state index contributed by atoms with van der Waals surface area (Å²) in [4.78, 5) is 22.0. The molecule has 0 heterocycles. The molecule has 0 unspecified atom stereocenters. The van der Waals surface area contributed by atoms with Gasteiger partial charge in [-0.15, -0.1) is 0 Å². The van der Waals surface area contributed by atoms with Gasteiger partial charge in [-0.1, -0.05) is 26.7 Å². The van der Waals surface area contributed by atoms with Gasteiger partial charge in [-0.3, -0.25) is 9.59 Å². The molecule has 0 N–H and O–H groups in total. The molecule has 0 aliphatic heterocycles. The lowest BCUT2D eigenvalue weighted by Crippen LogP contribution is -2.01. The van der Waals surface area contributed by atoms with Crippen LogP contribution in [0.15, 0.2) is 12.5 Å². The van der Waals surface area contributed by atoms with E-state index in [1.165, 1.54) is 0 Å². The molecular weight excluding hydrogens is 208 g/mol. The van der Waals surface area contributed by atoms with Gasteiger partial charge in [-0.05, 0) is 12.8 Å². The number of ether oxygens (including phenoxy) is 2. The molecule has 0 rings (SSSR count). The third-order valence-corrected chi connectivity index (χ3v) is 1.92. The molecule has 0 aromatic rings. The molecule has 0 amide bonds. The van der Waals surface area contributed by atoms with Gasteiger partial charge in [0.1, 0.15) is 12.5 Å². The molecule has 0 atom stereocenters. The lowest BCUT2D eigenvalue weighted by molar-refractivity contribution is -0.141. The highest BCUT2D eigenvalue weighted by atomic mass is 16.6. The monoisotopic (exact) mass is 228 g/mol. The summed E-state index contributed by atoms with van der Waals surface area (Å²) in [6, 6.07) is 0. The van der Waals surface area contributed by atoms with Gasteiger partial charge < -0.3 is 9.47 Å². The van der Waals surface area contributed by atoms with Crippen LogP contribution in [0.1, 0.15) is 52.4 Å². The van der Waals surface area contributed by atoms with E-state index in [2.05, 4.69) is 0 Å². The predicted octanol–water partition coefficient (Wildman–Crippen LogP) is 2.92. The third kappa shape index (κ3) is 9.24. The van der Waals surface area contributed by atoms with Gasteiger partial charge in [-0.2, -0.15) is 0 Å². The van der Waals surface area contributed by atoms with Gasteiger partial charge in [0.15, 0.2) is 0 Å². The van der Waals surface area contributed by atoms with E-state index in [-0.39, 0.29) is 11.9 Å². The van der Waals surface area contributed by atoms with E-state index < -0.39 is 0 Å². The standard InChI is InChI=1S/C12H20O4/c1-3-5-7-11(13)15-9-10-16-12(14)8-6-4-2/h9-10H,3-8H2,1-2H3/b10-9-. The van der Waals surface area contributed by atoms with E-state index in [0.717, 1.165) is 38.2 Å². The molecule has 0 radical (unpaired) electrons. The molecule has 0 aliphatic rings. The first kappa shape index (κ1) is 14.7. The Morgan fingerprint density at radius 2 is 1.25 bits per heavy atom. The summed E-state index contributed by atoms with van der Waals surface area (Å²) in [5, 5.41) is 0. The van der Waals surface area contributed by atoms with Crippen molar-refractivity contribution in [2.24, 2.45) is 0 Å². The van der Waals surface area contributed by atoms with Crippen molar-refractivity contribution in [2.45, 2.75) is 52.4 Å². The van der Waals surface area contributed by atoms with E-state index in [0.29, 0.717) is 12.8 Å². The molecule has 4 heteroatoms. The first-order chi connectivity index (χ1) is 7.70. The first-order valence-electron chi connectivity index (χ1n) is 5.74.